The number of amides is 1. The van der Waals surface area contributed by atoms with Gasteiger partial charge in [0.05, 0.1) is 24.7 Å². The van der Waals surface area contributed by atoms with E-state index >= 15 is 0 Å². The van der Waals surface area contributed by atoms with Crippen molar-refractivity contribution < 1.29 is 27.5 Å². The molecular formula is C21H26N2O6S. The predicted octanol–water partition coefficient (Wildman–Crippen LogP) is 1.76. The second kappa shape index (κ2) is 11.6. The van der Waals surface area contributed by atoms with Crippen LogP contribution in [-0.4, -0.2) is 53.6 Å². The summed E-state index contributed by atoms with van der Waals surface area (Å²) in [5.41, 5.74) is 1.63. The van der Waals surface area contributed by atoms with E-state index in [4.69, 9.17) is 9.47 Å². The minimum absolute atomic E-state index is 0.0754. The van der Waals surface area contributed by atoms with E-state index in [0.717, 1.165) is 0 Å². The van der Waals surface area contributed by atoms with Gasteiger partial charge < -0.3 is 14.8 Å². The Hall–Kier alpha value is -2.59. The lowest BCUT2D eigenvalue weighted by atomic mass is 10.1. The number of hydrogen-bond acceptors (Lipinski definition) is 6. The Morgan fingerprint density at radius 3 is 2.13 bits per heavy atom. The first-order valence-electron chi connectivity index (χ1n) is 9.38. The van der Waals surface area contributed by atoms with Crippen LogP contribution in [0.15, 0.2) is 53.4 Å². The summed E-state index contributed by atoms with van der Waals surface area (Å²) in [7, 11) is -2.12. The summed E-state index contributed by atoms with van der Waals surface area (Å²) in [6.45, 7) is 3.24. The largest absolute Gasteiger partial charge is 0.382 e. The van der Waals surface area contributed by atoms with Crippen LogP contribution in [0.4, 0.5) is 0 Å². The van der Waals surface area contributed by atoms with Crippen molar-refractivity contribution in [3.63, 3.8) is 0 Å². The van der Waals surface area contributed by atoms with Gasteiger partial charge in [0.1, 0.15) is 0 Å². The third kappa shape index (κ3) is 7.34. The van der Waals surface area contributed by atoms with E-state index in [1.165, 1.54) is 31.2 Å². The quantitative estimate of drug-likeness (QED) is 0.389. The number of benzene rings is 2. The van der Waals surface area contributed by atoms with Crippen LogP contribution in [-0.2, 0) is 26.0 Å². The second-order valence-corrected chi connectivity index (χ2v) is 8.23. The van der Waals surface area contributed by atoms with Gasteiger partial charge in [-0.2, -0.15) is 0 Å². The van der Waals surface area contributed by atoms with Crippen molar-refractivity contribution in [1.29, 1.82) is 0 Å². The highest BCUT2D eigenvalue weighted by Crippen LogP contribution is 2.12. The molecule has 0 aliphatic heterocycles. The summed E-state index contributed by atoms with van der Waals surface area (Å²) in [5, 5.41) is 2.75. The molecule has 0 saturated carbocycles. The van der Waals surface area contributed by atoms with Crippen molar-refractivity contribution in [2.24, 2.45) is 0 Å². The molecule has 0 bridgehead atoms. The standard InChI is InChI=1S/C21H26N2O6S/c1-16(24)18-7-9-20(10-8-18)30(26,27)23-15-17-3-5-19(6-4-17)21(25)22-11-12-29-14-13-28-2/h3-10,23H,11-15H2,1-2H3,(H,22,25). The maximum Gasteiger partial charge on any atom is 0.251 e. The predicted molar refractivity (Wildman–Crippen MR) is 112 cm³/mol. The van der Waals surface area contributed by atoms with Gasteiger partial charge >= 0.3 is 0 Å². The molecule has 2 rings (SSSR count). The van der Waals surface area contributed by atoms with Crippen LogP contribution < -0.4 is 10.0 Å². The number of hydrogen-bond donors (Lipinski definition) is 2. The topological polar surface area (TPSA) is 111 Å². The molecule has 2 aromatic carbocycles. The number of sulfonamides is 1. The number of nitrogens with one attached hydrogen (secondary N) is 2. The van der Waals surface area contributed by atoms with Crippen LogP contribution in [0.25, 0.3) is 0 Å². The van der Waals surface area contributed by atoms with Crippen LogP contribution in [0, 0.1) is 0 Å². The number of ketones is 1. The minimum atomic E-state index is -3.71. The molecule has 2 aromatic rings. The molecule has 0 aliphatic carbocycles. The molecule has 9 heteroatoms. The van der Waals surface area contributed by atoms with E-state index in [9.17, 15) is 18.0 Å². The van der Waals surface area contributed by atoms with E-state index in [1.54, 1.807) is 31.4 Å². The Labute approximate surface area is 176 Å². The lowest BCUT2D eigenvalue weighted by molar-refractivity contribution is 0.0692. The van der Waals surface area contributed by atoms with Gasteiger partial charge in [-0.15, -0.1) is 0 Å². The number of Topliss-reactive ketones (excluding diaryl/α,β-unsaturated/α-hetero) is 1. The van der Waals surface area contributed by atoms with Crippen molar-refractivity contribution in [2.45, 2.75) is 18.4 Å². The van der Waals surface area contributed by atoms with Crippen molar-refractivity contribution in [2.75, 3.05) is 33.5 Å². The molecule has 1 amide bonds. The monoisotopic (exact) mass is 434 g/mol. The Morgan fingerprint density at radius 2 is 1.53 bits per heavy atom. The van der Waals surface area contributed by atoms with Gasteiger partial charge in [0.15, 0.2) is 5.78 Å². The molecule has 2 N–H and O–H groups in total. The number of carbonyl (C=O) groups excluding carboxylic acids is 2. The minimum Gasteiger partial charge on any atom is -0.382 e. The van der Waals surface area contributed by atoms with Gasteiger partial charge in [0.2, 0.25) is 10.0 Å². The molecule has 0 fully saturated rings. The lowest BCUT2D eigenvalue weighted by Gasteiger charge is -2.09. The van der Waals surface area contributed by atoms with Gasteiger partial charge in [-0.25, -0.2) is 13.1 Å². The second-order valence-electron chi connectivity index (χ2n) is 6.46. The van der Waals surface area contributed by atoms with Crippen LogP contribution in [0.5, 0.6) is 0 Å². The third-order valence-electron chi connectivity index (χ3n) is 4.22. The van der Waals surface area contributed by atoms with E-state index in [0.29, 0.717) is 43.1 Å². The number of methoxy groups -OCH3 is 1. The zero-order valence-electron chi connectivity index (χ0n) is 17.0. The smallest absolute Gasteiger partial charge is 0.251 e. The zero-order chi connectivity index (χ0) is 22.0. The summed E-state index contributed by atoms with van der Waals surface area (Å²) in [4.78, 5) is 23.5. The molecule has 0 spiro atoms. The van der Waals surface area contributed by atoms with Gasteiger partial charge in [-0.1, -0.05) is 24.3 Å². The maximum atomic E-state index is 12.4. The Kier molecular flexibility index (Phi) is 9.13. The summed E-state index contributed by atoms with van der Waals surface area (Å²) in [6.07, 6.45) is 0. The van der Waals surface area contributed by atoms with E-state index < -0.39 is 10.0 Å². The first-order valence-corrected chi connectivity index (χ1v) is 10.9. The van der Waals surface area contributed by atoms with Crippen LogP contribution in [0.2, 0.25) is 0 Å². The highest BCUT2D eigenvalue weighted by atomic mass is 32.2. The van der Waals surface area contributed by atoms with Crippen molar-refractivity contribution in [1.82, 2.24) is 10.0 Å². The third-order valence-corrected chi connectivity index (χ3v) is 5.63. The van der Waals surface area contributed by atoms with Crippen molar-refractivity contribution in [3.8, 4) is 0 Å². The molecule has 0 radical (unpaired) electrons. The fourth-order valence-electron chi connectivity index (χ4n) is 2.49. The van der Waals surface area contributed by atoms with Gasteiger partial charge in [0, 0.05) is 31.3 Å². The summed E-state index contributed by atoms with van der Waals surface area (Å²) in [6, 6.07) is 12.4. The molecule has 0 aliphatic rings. The molecule has 0 saturated heterocycles. The molecule has 0 unspecified atom stereocenters. The molecule has 162 valence electrons. The fraction of sp³-hybridized carbons (Fsp3) is 0.333. The summed E-state index contributed by atoms with van der Waals surface area (Å²) < 4.78 is 37.4. The van der Waals surface area contributed by atoms with E-state index in [-0.39, 0.29) is 23.1 Å². The molecule has 30 heavy (non-hydrogen) atoms. The molecule has 0 aromatic heterocycles. The van der Waals surface area contributed by atoms with Crippen LogP contribution >= 0.6 is 0 Å². The van der Waals surface area contributed by atoms with E-state index in [1.807, 2.05) is 0 Å². The van der Waals surface area contributed by atoms with Crippen molar-refractivity contribution >= 4 is 21.7 Å². The highest BCUT2D eigenvalue weighted by Gasteiger charge is 2.14. The normalized spacial score (nSPS) is 11.3. The average Bonchev–Trinajstić information content (AvgIpc) is 2.75. The fourth-order valence-corrected chi connectivity index (χ4v) is 3.51. The highest BCUT2D eigenvalue weighted by molar-refractivity contribution is 7.89. The first-order chi connectivity index (χ1) is 14.3. The number of rotatable bonds is 12. The van der Waals surface area contributed by atoms with Crippen LogP contribution in [0.1, 0.15) is 33.2 Å². The first kappa shape index (κ1) is 23.7. The average molecular weight is 435 g/mol. The Bertz CT molecular complexity index is 940. The van der Waals surface area contributed by atoms with E-state index in [2.05, 4.69) is 10.0 Å². The number of ether oxygens (including phenoxy) is 2. The summed E-state index contributed by atoms with van der Waals surface area (Å²) >= 11 is 0. The van der Waals surface area contributed by atoms with Gasteiger partial charge in [0.25, 0.3) is 5.91 Å². The molecular weight excluding hydrogens is 408 g/mol. The molecule has 0 atom stereocenters. The lowest BCUT2D eigenvalue weighted by Crippen LogP contribution is -2.27. The molecule has 0 heterocycles. The SMILES string of the molecule is COCCOCCNC(=O)c1ccc(CNS(=O)(=O)c2ccc(C(C)=O)cc2)cc1. The van der Waals surface area contributed by atoms with Gasteiger partial charge in [-0.3, -0.25) is 9.59 Å². The number of carbonyl (C=O) groups is 2. The zero-order valence-corrected chi connectivity index (χ0v) is 17.8. The van der Waals surface area contributed by atoms with Crippen molar-refractivity contribution in [3.05, 3.63) is 65.2 Å². The van der Waals surface area contributed by atoms with Crippen LogP contribution in [0.3, 0.4) is 0 Å². The summed E-state index contributed by atoms with van der Waals surface area (Å²) in [5.74, 6) is -0.363. The maximum absolute atomic E-state index is 12.4. The Balaban J connectivity index is 1.85. The Morgan fingerprint density at radius 1 is 0.900 bits per heavy atom. The molecule has 8 nitrogen and oxygen atoms in total. The van der Waals surface area contributed by atoms with Gasteiger partial charge in [-0.05, 0) is 36.8 Å².